The van der Waals surface area contributed by atoms with E-state index in [1.54, 1.807) is 11.3 Å². The molecule has 0 saturated carbocycles. The lowest BCUT2D eigenvalue weighted by Crippen LogP contribution is -2.22. The fourth-order valence-corrected chi connectivity index (χ4v) is 4.44. The first-order chi connectivity index (χ1) is 9.02. The van der Waals surface area contributed by atoms with Crippen LogP contribution in [0.15, 0.2) is 32.5 Å². The van der Waals surface area contributed by atoms with Crippen LogP contribution < -0.4 is 5.32 Å². The smallest absolute Gasteiger partial charge is 0.0704 e. The molecule has 0 aliphatic carbocycles. The molecule has 102 valence electrons. The van der Waals surface area contributed by atoms with Crippen molar-refractivity contribution in [2.45, 2.75) is 26.8 Å². The van der Waals surface area contributed by atoms with Crippen molar-refractivity contribution in [3.05, 3.63) is 54.1 Å². The van der Waals surface area contributed by atoms with E-state index in [2.05, 4.69) is 82.2 Å². The summed E-state index contributed by atoms with van der Waals surface area (Å²) in [6.45, 7) is 7.40. The molecular weight excluding hydrogens is 386 g/mol. The van der Waals surface area contributed by atoms with Gasteiger partial charge in [-0.1, -0.05) is 40.5 Å². The van der Waals surface area contributed by atoms with E-state index in [1.165, 1.54) is 25.4 Å². The van der Waals surface area contributed by atoms with Crippen LogP contribution in [0.25, 0.3) is 0 Å². The Morgan fingerprint density at radius 3 is 2.47 bits per heavy atom. The van der Waals surface area contributed by atoms with E-state index >= 15 is 0 Å². The van der Waals surface area contributed by atoms with Crippen LogP contribution in [0.2, 0.25) is 0 Å². The normalized spacial score (nSPS) is 12.7. The van der Waals surface area contributed by atoms with Gasteiger partial charge in [0.1, 0.15) is 0 Å². The summed E-state index contributed by atoms with van der Waals surface area (Å²) < 4.78 is 2.34. The Hall–Kier alpha value is -0.160. The highest BCUT2D eigenvalue weighted by molar-refractivity contribution is 9.11. The van der Waals surface area contributed by atoms with E-state index in [1.807, 2.05) is 0 Å². The molecule has 1 aromatic heterocycles. The van der Waals surface area contributed by atoms with E-state index in [4.69, 9.17) is 0 Å². The zero-order valence-electron chi connectivity index (χ0n) is 11.3. The van der Waals surface area contributed by atoms with Gasteiger partial charge in [-0.2, -0.15) is 0 Å². The quantitative estimate of drug-likeness (QED) is 0.702. The fraction of sp³-hybridized carbons (Fsp3) is 0.333. The van der Waals surface area contributed by atoms with Crippen molar-refractivity contribution in [3.63, 3.8) is 0 Å². The van der Waals surface area contributed by atoms with Gasteiger partial charge in [0.05, 0.1) is 9.83 Å². The average Bonchev–Trinajstić information content (AvgIpc) is 2.69. The minimum Gasteiger partial charge on any atom is -0.306 e. The molecule has 0 spiro atoms. The topological polar surface area (TPSA) is 12.0 Å². The molecule has 1 nitrogen and oxygen atoms in total. The molecule has 0 saturated heterocycles. The summed E-state index contributed by atoms with van der Waals surface area (Å²) >= 11 is 9.06. The molecule has 1 atom stereocenters. The molecule has 0 aliphatic heterocycles. The Labute approximate surface area is 135 Å². The van der Waals surface area contributed by atoms with Crippen LogP contribution in [-0.2, 0) is 0 Å². The summed E-state index contributed by atoms with van der Waals surface area (Å²) in [4.78, 5) is 1.35. The van der Waals surface area contributed by atoms with Crippen molar-refractivity contribution in [1.29, 1.82) is 0 Å². The summed E-state index contributed by atoms with van der Waals surface area (Å²) in [5.74, 6) is 0. The molecule has 0 amide bonds. The van der Waals surface area contributed by atoms with Gasteiger partial charge < -0.3 is 5.32 Å². The molecule has 0 bridgehead atoms. The van der Waals surface area contributed by atoms with Gasteiger partial charge in [0.25, 0.3) is 0 Å². The standard InChI is InChI=1S/C15H17Br2NS/c1-4-18-15(11-8-14(17)19-10(11)3)12-7-9(2)5-6-13(12)16/h5-8,15,18H,4H2,1-3H3. The van der Waals surface area contributed by atoms with E-state index in [-0.39, 0.29) is 6.04 Å². The Morgan fingerprint density at radius 2 is 1.89 bits per heavy atom. The van der Waals surface area contributed by atoms with Crippen LogP contribution in [0, 0.1) is 13.8 Å². The monoisotopic (exact) mass is 401 g/mol. The molecular formula is C15H17Br2NS. The Kier molecular flexibility index (Phi) is 5.23. The highest BCUT2D eigenvalue weighted by atomic mass is 79.9. The second kappa shape index (κ2) is 6.53. The van der Waals surface area contributed by atoms with Gasteiger partial charge in [-0.3, -0.25) is 0 Å². The Bertz CT molecular complexity index is 578. The van der Waals surface area contributed by atoms with Gasteiger partial charge in [-0.05, 0) is 59.6 Å². The summed E-state index contributed by atoms with van der Waals surface area (Å²) in [6.07, 6.45) is 0. The summed E-state index contributed by atoms with van der Waals surface area (Å²) in [5.41, 5.74) is 3.94. The zero-order chi connectivity index (χ0) is 14.0. The minimum absolute atomic E-state index is 0.238. The predicted molar refractivity (Wildman–Crippen MR) is 91.2 cm³/mol. The SMILES string of the molecule is CCNC(c1cc(C)ccc1Br)c1cc(Br)sc1C. The van der Waals surface area contributed by atoms with Gasteiger partial charge in [-0.25, -0.2) is 0 Å². The molecule has 1 heterocycles. The first kappa shape index (κ1) is 15.2. The van der Waals surface area contributed by atoms with E-state index in [0.29, 0.717) is 0 Å². The molecule has 1 aromatic carbocycles. The number of aryl methyl sites for hydroxylation is 2. The highest BCUT2D eigenvalue weighted by Gasteiger charge is 2.19. The first-order valence-corrected chi connectivity index (χ1v) is 8.68. The number of nitrogens with one attached hydrogen (secondary N) is 1. The summed E-state index contributed by atoms with van der Waals surface area (Å²) in [5, 5.41) is 3.59. The fourth-order valence-electron chi connectivity index (χ4n) is 2.22. The van der Waals surface area contributed by atoms with Gasteiger partial charge >= 0.3 is 0 Å². The van der Waals surface area contributed by atoms with Crippen molar-refractivity contribution in [2.75, 3.05) is 6.54 Å². The van der Waals surface area contributed by atoms with Crippen LogP contribution in [0.5, 0.6) is 0 Å². The largest absolute Gasteiger partial charge is 0.306 e. The zero-order valence-corrected chi connectivity index (χ0v) is 15.2. The van der Waals surface area contributed by atoms with Gasteiger partial charge in [0.2, 0.25) is 0 Å². The average molecular weight is 403 g/mol. The minimum atomic E-state index is 0.238. The molecule has 2 rings (SSSR count). The molecule has 1 unspecified atom stereocenters. The summed E-state index contributed by atoms with van der Waals surface area (Å²) in [6, 6.07) is 8.98. The van der Waals surface area contributed by atoms with E-state index in [0.717, 1.165) is 11.0 Å². The van der Waals surface area contributed by atoms with Crippen LogP contribution in [-0.4, -0.2) is 6.54 Å². The van der Waals surface area contributed by atoms with E-state index < -0.39 is 0 Å². The Balaban J connectivity index is 2.51. The third-order valence-corrected chi connectivity index (χ3v) is 5.40. The number of hydrogen-bond acceptors (Lipinski definition) is 2. The lowest BCUT2D eigenvalue weighted by Gasteiger charge is -2.20. The number of halogens is 2. The van der Waals surface area contributed by atoms with Crippen molar-refractivity contribution in [2.24, 2.45) is 0 Å². The van der Waals surface area contributed by atoms with Crippen LogP contribution in [0.4, 0.5) is 0 Å². The predicted octanol–water partition coefficient (Wildman–Crippen LogP) is 5.59. The second-order valence-corrected chi connectivity index (χ2v) is 8.07. The molecule has 2 aromatic rings. The molecule has 0 fully saturated rings. The molecule has 1 N–H and O–H groups in total. The van der Waals surface area contributed by atoms with Crippen LogP contribution in [0.3, 0.4) is 0 Å². The third kappa shape index (κ3) is 3.48. The number of hydrogen-bond donors (Lipinski definition) is 1. The van der Waals surface area contributed by atoms with Crippen molar-refractivity contribution >= 4 is 43.2 Å². The first-order valence-electron chi connectivity index (χ1n) is 6.28. The number of thiophene rings is 1. The maximum atomic E-state index is 3.68. The number of benzene rings is 1. The second-order valence-electron chi connectivity index (χ2n) is 4.58. The highest BCUT2D eigenvalue weighted by Crippen LogP contribution is 2.36. The maximum Gasteiger partial charge on any atom is 0.0704 e. The maximum absolute atomic E-state index is 3.68. The third-order valence-electron chi connectivity index (χ3n) is 3.11. The van der Waals surface area contributed by atoms with Crippen molar-refractivity contribution in [1.82, 2.24) is 5.32 Å². The van der Waals surface area contributed by atoms with Crippen molar-refractivity contribution in [3.8, 4) is 0 Å². The number of rotatable bonds is 4. The molecule has 4 heteroatoms. The van der Waals surface area contributed by atoms with Crippen LogP contribution >= 0.6 is 43.2 Å². The van der Waals surface area contributed by atoms with Crippen LogP contribution in [0.1, 0.15) is 34.5 Å². The summed E-state index contributed by atoms with van der Waals surface area (Å²) in [7, 11) is 0. The molecule has 0 radical (unpaired) electrons. The lowest BCUT2D eigenvalue weighted by atomic mass is 9.98. The molecule has 0 aliphatic rings. The van der Waals surface area contributed by atoms with Gasteiger partial charge in [0, 0.05) is 9.35 Å². The van der Waals surface area contributed by atoms with Gasteiger partial charge in [0.15, 0.2) is 0 Å². The molecule has 19 heavy (non-hydrogen) atoms. The lowest BCUT2D eigenvalue weighted by molar-refractivity contribution is 0.627. The van der Waals surface area contributed by atoms with Crippen molar-refractivity contribution < 1.29 is 0 Å². The Morgan fingerprint density at radius 1 is 1.16 bits per heavy atom. The van der Waals surface area contributed by atoms with E-state index in [9.17, 15) is 0 Å². The van der Waals surface area contributed by atoms with Gasteiger partial charge in [-0.15, -0.1) is 11.3 Å².